The molecular weight excluding hydrogens is 268 g/mol. The predicted octanol–water partition coefficient (Wildman–Crippen LogP) is 2.16. The number of aromatic nitrogens is 2. The first-order valence-electron chi connectivity index (χ1n) is 6.29. The van der Waals surface area contributed by atoms with Crippen LogP contribution in [0, 0.1) is 5.82 Å². The van der Waals surface area contributed by atoms with Gasteiger partial charge in [-0.15, -0.1) is 0 Å². The molecule has 20 heavy (non-hydrogen) atoms. The van der Waals surface area contributed by atoms with Gasteiger partial charge in [-0.25, -0.2) is 8.78 Å². The molecule has 1 saturated heterocycles. The molecule has 2 atom stereocenters. The molecule has 2 heterocycles. The number of ether oxygens (including phenoxy) is 1. The first-order chi connectivity index (χ1) is 9.70. The fourth-order valence-electron chi connectivity index (χ4n) is 2.03. The highest BCUT2D eigenvalue weighted by molar-refractivity contribution is 5.22. The fraction of sp³-hybridized carbons (Fsp3) is 0.385. The minimum atomic E-state index is -0.884. The molecular formula is C13H13F2N3O2. The highest BCUT2D eigenvalue weighted by atomic mass is 19.1. The molecule has 1 aliphatic heterocycles. The third-order valence-electron chi connectivity index (χ3n) is 3.04. The van der Waals surface area contributed by atoms with E-state index >= 15 is 0 Å². The molecule has 1 aliphatic rings. The van der Waals surface area contributed by atoms with Crippen molar-refractivity contribution >= 4 is 0 Å². The lowest BCUT2D eigenvalue weighted by atomic mass is 10.2. The van der Waals surface area contributed by atoms with Crippen LogP contribution in [0.2, 0.25) is 0 Å². The minimum absolute atomic E-state index is 0.112. The highest BCUT2D eigenvalue weighted by Gasteiger charge is 2.29. The number of nitrogens with one attached hydrogen (secondary N) is 1. The van der Waals surface area contributed by atoms with E-state index in [0.717, 1.165) is 0 Å². The van der Waals surface area contributed by atoms with E-state index in [0.29, 0.717) is 30.4 Å². The summed E-state index contributed by atoms with van der Waals surface area (Å²) in [5, 5.41) is 6.73. The van der Waals surface area contributed by atoms with Crippen LogP contribution in [0.3, 0.4) is 0 Å². The van der Waals surface area contributed by atoms with E-state index in [4.69, 9.17) is 9.26 Å². The summed E-state index contributed by atoms with van der Waals surface area (Å²) in [5.74, 6) is 0.920. The first-order valence-corrected chi connectivity index (χ1v) is 6.29. The van der Waals surface area contributed by atoms with Crippen molar-refractivity contribution in [3.05, 3.63) is 41.8 Å². The largest absolute Gasteiger partial charge is 0.485 e. The van der Waals surface area contributed by atoms with Gasteiger partial charge in [0.2, 0.25) is 11.7 Å². The van der Waals surface area contributed by atoms with Gasteiger partial charge in [-0.2, -0.15) is 4.98 Å². The van der Waals surface area contributed by atoms with Crippen LogP contribution >= 0.6 is 0 Å². The Hall–Kier alpha value is -2.02. The summed E-state index contributed by atoms with van der Waals surface area (Å²) in [6.45, 7) is 0.412. The zero-order valence-corrected chi connectivity index (χ0v) is 10.6. The Morgan fingerprint density at radius 3 is 2.85 bits per heavy atom. The Morgan fingerprint density at radius 2 is 2.15 bits per heavy atom. The van der Waals surface area contributed by atoms with Crippen molar-refractivity contribution in [2.24, 2.45) is 0 Å². The van der Waals surface area contributed by atoms with E-state index in [1.807, 2.05) is 0 Å². The van der Waals surface area contributed by atoms with Crippen LogP contribution in [0.25, 0.3) is 0 Å². The third-order valence-corrected chi connectivity index (χ3v) is 3.04. The van der Waals surface area contributed by atoms with Crippen molar-refractivity contribution in [2.45, 2.75) is 25.2 Å². The fourth-order valence-corrected chi connectivity index (χ4v) is 2.03. The summed E-state index contributed by atoms with van der Waals surface area (Å²) < 4.78 is 36.3. The van der Waals surface area contributed by atoms with E-state index in [1.165, 1.54) is 24.3 Å². The van der Waals surface area contributed by atoms with Crippen molar-refractivity contribution < 1.29 is 18.0 Å². The second-order valence-electron chi connectivity index (χ2n) is 4.59. The zero-order chi connectivity index (χ0) is 13.9. The summed E-state index contributed by atoms with van der Waals surface area (Å²) in [6.07, 6.45) is -0.550. The summed E-state index contributed by atoms with van der Waals surface area (Å²) in [4.78, 5) is 4.15. The second kappa shape index (κ2) is 5.54. The molecule has 7 heteroatoms. The van der Waals surface area contributed by atoms with Crippen LogP contribution < -0.4 is 10.1 Å². The van der Waals surface area contributed by atoms with Crippen molar-refractivity contribution in [3.8, 4) is 5.75 Å². The number of benzene rings is 1. The van der Waals surface area contributed by atoms with Crippen molar-refractivity contribution in [1.82, 2.24) is 15.5 Å². The van der Waals surface area contributed by atoms with Gasteiger partial charge >= 0.3 is 0 Å². The van der Waals surface area contributed by atoms with E-state index in [-0.39, 0.29) is 18.5 Å². The van der Waals surface area contributed by atoms with Gasteiger partial charge in [0.15, 0.2) is 6.61 Å². The smallest absolute Gasteiger partial charge is 0.244 e. The normalized spacial score (nSPS) is 22.1. The predicted molar refractivity (Wildman–Crippen MR) is 65.3 cm³/mol. The number of rotatable bonds is 4. The summed E-state index contributed by atoms with van der Waals surface area (Å²) >= 11 is 0. The number of alkyl halides is 1. The molecule has 3 rings (SSSR count). The Kier molecular flexibility index (Phi) is 3.60. The standard InChI is InChI=1S/C13H13F2N3O2/c14-8-1-3-10(4-2-8)19-7-12-17-13(20-18-12)11-5-9(15)6-16-11/h1-4,9,11,16H,5-7H2/t9-,11+/m0/s1. The van der Waals surface area contributed by atoms with E-state index < -0.39 is 6.17 Å². The second-order valence-corrected chi connectivity index (χ2v) is 4.59. The molecule has 0 amide bonds. The monoisotopic (exact) mass is 281 g/mol. The van der Waals surface area contributed by atoms with E-state index in [1.54, 1.807) is 0 Å². The number of nitrogens with zero attached hydrogens (tertiary/aromatic N) is 2. The van der Waals surface area contributed by atoms with Gasteiger partial charge in [-0.3, -0.25) is 0 Å². The Balaban J connectivity index is 1.58. The van der Waals surface area contributed by atoms with Crippen LogP contribution in [0.5, 0.6) is 5.75 Å². The topological polar surface area (TPSA) is 60.2 Å². The molecule has 0 radical (unpaired) electrons. The minimum Gasteiger partial charge on any atom is -0.485 e. The maximum atomic E-state index is 13.1. The van der Waals surface area contributed by atoms with Gasteiger partial charge in [0, 0.05) is 13.0 Å². The van der Waals surface area contributed by atoms with Crippen LogP contribution in [0.15, 0.2) is 28.8 Å². The van der Waals surface area contributed by atoms with Gasteiger partial charge < -0.3 is 14.6 Å². The molecule has 1 aromatic heterocycles. The maximum absolute atomic E-state index is 13.1. The lowest BCUT2D eigenvalue weighted by molar-refractivity contribution is 0.282. The SMILES string of the molecule is Fc1ccc(OCc2noc([C@H]3C[C@H](F)CN3)n2)cc1. The lowest BCUT2D eigenvalue weighted by Gasteiger charge is -2.02. The van der Waals surface area contributed by atoms with Gasteiger partial charge in [0.1, 0.15) is 17.7 Å². The van der Waals surface area contributed by atoms with E-state index in [2.05, 4.69) is 15.5 Å². The van der Waals surface area contributed by atoms with Gasteiger partial charge in [-0.05, 0) is 24.3 Å². The Morgan fingerprint density at radius 1 is 1.35 bits per heavy atom. The van der Waals surface area contributed by atoms with Crippen molar-refractivity contribution in [1.29, 1.82) is 0 Å². The average Bonchev–Trinajstić information content (AvgIpc) is 3.07. The molecule has 5 nitrogen and oxygen atoms in total. The molecule has 0 aliphatic carbocycles. The number of hydrogen-bond donors (Lipinski definition) is 1. The summed E-state index contributed by atoms with van der Waals surface area (Å²) in [7, 11) is 0. The lowest BCUT2D eigenvalue weighted by Crippen LogP contribution is -2.14. The van der Waals surface area contributed by atoms with Gasteiger partial charge in [0.05, 0.1) is 6.04 Å². The molecule has 0 bridgehead atoms. The number of halogens is 2. The molecule has 1 aromatic carbocycles. The Labute approximate surface area is 113 Å². The third kappa shape index (κ3) is 2.93. The van der Waals surface area contributed by atoms with Crippen LogP contribution in [-0.4, -0.2) is 22.9 Å². The molecule has 0 saturated carbocycles. The average molecular weight is 281 g/mol. The molecule has 0 unspecified atom stereocenters. The number of hydrogen-bond acceptors (Lipinski definition) is 5. The summed E-state index contributed by atoms with van der Waals surface area (Å²) in [6, 6.07) is 5.41. The quantitative estimate of drug-likeness (QED) is 0.930. The summed E-state index contributed by atoms with van der Waals surface area (Å²) in [5.41, 5.74) is 0. The molecule has 1 N–H and O–H groups in total. The van der Waals surface area contributed by atoms with Crippen LogP contribution in [-0.2, 0) is 6.61 Å². The molecule has 0 spiro atoms. The zero-order valence-electron chi connectivity index (χ0n) is 10.6. The first kappa shape index (κ1) is 13.0. The maximum Gasteiger partial charge on any atom is 0.244 e. The highest BCUT2D eigenvalue weighted by Crippen LogP contribution is 2.23. The van der Waals surface area contributed by atoms with Crippen LogP contribution in [0.1, 0.15) is 24.2 Å². The molecule has 2 aromatic rings. The van der Waals surface area contributed by atoms with E-state index in [9.17, 15) is 8.78 Å². The van der Waals surface area contributed by atoms with Gasteiger partial charge in [0.25, 0.3) is 0 Å². The molecule has 106 valence electrons. The van der Waals surface area contributed by atoms with Crippen LogP contribution in [0.4, 0.5) is 8.78 Å². The van der Waals surface area contributed by atoms with Crippen molar-refractivity contribution in [3.63, 3.8) is 0 Å². The Bertz CT molecular complexity index is 573. The van der Waals surface area contributed by atoms with Crippen molar-refractivity contribution in [2.75, 3.05) is 6.54 Å². The van der Waals surface area contributed by atoms with Gasteiger partial charge in [-0.1, -0.05) is 5.16 Å². The molecule has 1 fully saturated rings.